The zero-order valence-electron chi connectivity index (χ0n) is 19.0. The summed E-state index contributed by atoms with van der Waals surface area (Å²) in [4.78, 5) is 20.8. The smallest absolute Gasteiger partial charge is 0.264 e. The number of ketones is 1. The molecule has 0 spiro atoms. The zero-order chi connectivity index (χ0) is 24.2. The molecule has 2 unspecified atom stereocenters. The van der Waals surface area contributed by atoms with E-state index in [-0.39, 0.29) is 39.4 Å². The minimum atomic E-state index is -3.95. The van der Waals surface area contributed by atoms with Gasteiger partial charge in [0.2, 0.25) is 16.0 Å². The number of nitrogens with one attached hydrogen (secondary N) is 2. The molecule has 11 heteroatoms. The van der Waals surface area contributed by atoms with Crippen LogP contribution in [0.2, 0.25) is 0 Å². The Labute approximate surface area is 194 Å². The molecule has 2 fully saturated rings. The number of fused-ring (bicyclic) bond motifs is 2. The number of hydrogen-bond acceptors (Lipinski definition) is 7. The Kier molecular flexibility index (Phi) is 5.56. The van der Waals surface area contributed by atoms with Gasteiger partial charge in [-0.3, -0.25) is 9.52 Å². The molecule has 2 aliphatic rings. The number of benzene rings is 1. The first-order valence-electron chi connectivity index (χ1n) is 10.7. The summed E-state index contributed by atoms with van der Waals surface area (Å²) in [7, 11) is -7.78. The molecule has 0 radical (unpaired) electrons. The van der Waals surface area contributed by atoms with Crippen LogP contribution in [0.25, 0.3) is 0 Å². The van der Waals surface area contributed by atoms with Crippen LogP contribution in [0.3, 0.4) is 0 Å². The highest BCUT2D eigenvalue weighted by Gasteiger charge is 2.65. The highest BCUT2D eigenvalue weighted by molar-refractivity contribution is 7.93. The zero-order valence-corrected chi connectivity index (χ0v) is 20.7. The van der Waals surface area contributed by atoms with Crippen molar-refractivity contribution in [3.63, 3.8) is 0 Å². The molecule has 1 aromatic heterocycles. The van der Waals surface area contributed by atoms with Crippen molar-refractivity contribution in [2.75, 3.05) is 15.2 Å². The molecule has 9 nitrogen and oxygen atoms in total. The number of aryl methyl sites for hydroxylation is 2. The van der Waals surface area contributed by atoms with Crippen LogP contribution in [0.4, 0.5) is 11.6 Å². The molecule has 2 saturated carbocycles. The molecule has 178 valence electrons. The van der Waals surface area contributed by atoms with E-state index in [1.165, 1.54) is 24.3 Å². The maximum Gasteiger partial charge on any atom is 0.264 e. The van der Waals surface area contributed by atoms with Crippen molar-refractivity contribution < 1.29 is 21.6 Å². The molecule has 2 aliphatic carbocycles. The van der Waals surface area contributed by atoms with Gasteiger partial charge >= 0.3 is 0 Å². The maximum atomic E-state index is 12.9. The fraction of sp³-hybridized carbons (Fsp3) is 0.500. The van der Waals surface area contributed by atoms with Crippen molar-refractivity contribution >= 4 is 37.5 Å². The van der Waals surface area contributed by atoms with Gasteiger partial charge in [-0.2, -0.15) is 0 Å². The maximum absolute atomic E-state index is 12.9. The van der Waals surface area contributed by atoms with E-state index in [1.807, 2.05) is 13.8 Å². The minimum absolute atomic E-state index is 0.0234. The monoisotopic (exact) mass is 492 g/mol. The highest BCUT2D eigenvalue weighted by Crippen LogP contribution is 2.64. The molecular weight excluding hydrogens is 464 g/mol. The molecule has 1 aromatic carbocycles. The van der Waals surface area contributed by atoms with Crippen molar-refractivity contribution in [3.8, 4) is 0 Å². The number of carbonyl (C=O) groups is 1. The Balaban J connectivity index is 1.50. The van der Waals surface area contributed by atoms with E-state index in [4.69, 9.17) is 0 Å². The third-order valence-corrected chi connectivity index (χ3v) is 9.99. The second-order valence-corrected chi connectivity index (χ2v) is 13.0. The molecule has 0 saturated heterocycles. The summed E-state index contributed by atoms with van der Waals surface area (Å²) in [6.45, 7) is 7.44. The molecule has 1 heterocycles. The Hall–Kier alpha value is -2.53. The summed E-state index contributed by atoms with van der Waals surface area (Å²) in [5.74, 6) is -0.0580. The fourth-order valence-electron chi connectivity index (χ4n) is 5.30. The van der Waals surface area contributed by atoms with Crippen LogP contribution in [-0.2, 0) is 24.8 Å². The lowest BCUT2D eigenvalue weighted by Crippen LogP contribution is -2.43. The van der Waals surface area contributed by atoms with Crippen LogP contribution in [0.5, 0.6) is 0 Å². The molecule has 2 N–H and O–H groups in total. The standard InChI is InChI=1S/C22H28N4O5S2/c1-14-11-15(2)24-20(23-14)26-33(30,31)18-7-5-17(6-8-18)25-32(28,29)13-22-10-9-16(12-19(22)27)21(22,3)4/h5-8,11,16,25H,9-10,12-13H2,1-4H3,(H,23,24,26). The average Bonchev–Trinajstić information content (AvgIpc) is 3.00. The fourth-order valence-corrected chi connectivity index (χ4v) is 8.14. The molecule has 2 bridgehead atoms. The number of hydrogen-bond donors (Lipinski definition) is 2. The van der Waals surface area contributed by atoms with Crippen LogP contribution in [0.1, 0.15) is 44.5 Å². The lowest BCUT2D eigenvalue weighted by molar-refractivity contribution is -0.128. The number of anilines is 2. The van der Waals surface area contributed by atoms with Gasteiger partial charge in [0.1, 0.15) is 5.78 Å². The largest absolute Gasteiger partial charge is 0.299 e. The van der Waals surface area contributed by atoms with E-state index >= 15 is 0 Å². The lowest BCUT2D eigenvalue weighted by Gasteiger charge is -2.36. The van der Waals surface area contributed by atoms with E-state index in [2.05, 4.69) is 19.4 Å². The Morgan fingerprint density at radius 2 is 1.61 bits per heavy atom. The van der Waals surface area contributed by atoms with Crippen molar-refractivity contribution in [3.05, 3.63) is 41.7 Å². The number of aromatic nitrogens is 2. The number of carbonyl (C=O) groups excluding carboxylic acids is 1. The first-order chi connectivity index (χ1) is 15.2. The molecule has 0 aliphatic heterocycles. The summed E-state index contributed by atoms with van der Waals surface area (Å²) >= 11 is 0. The first-order valence-corrected chi connectivity index (χ1v) is 13.9. The van der Waals surface area contributed by atoms with E-state index in [1.54, 1.807) is 19.9 Å². The van der Waals surface area contributed by atoms with Crippen LogP contribution in [0, 0.1) is 30.6 Å². The topological polar surface area (TPSA) is 135 Å². The van der Waals surface area contributed by atoms with Crippen molar-refractivity contribution in [2.45, 2.75) is 51.9 Å². The van der Waals surface area contributed by atoms with Crippen LogP contribution in [0.15, 0.2) is 35.2 Å². The van der Waals surface area contributed by atoms with E-state index < -0.39 is 25.5 Å². The third-order valence-electron chi connectivity index (χ3n) is 7.22. The summed E-state index contributed by atoms with van der Waals surface area (Å²) < 4.78 is 56.1. The van der Waals surface area contributed by atoms with Gasteiger partial charge in [0, 0.05) is 23.5 Å². The summed E-state index contributed by atoms with van der Waals surface area (Å²) in [5.41, 5.74) is 0.246. The van der Waals surface area contributed by atoms with Gasteiger partial charge in [-0.05, 0) is 68.4 Å². The number of sulfonamides is 2. The van der Waals surface area contributed by atoms with Gasteiger partial charge < -0.3 is 0 Å². The lowest BCUT2D eigenvalue weighted by atomic mass is 9.70. The minimum Gasteiger partial charge on any atom is -0.299 e. The molecule has 2 atom stereocenters. The third kappa shape index (κ3) is 4.23. The van der Waals surface area contributed by atoms with Gasteiger partial charge in [-0.1, -0.05) is 13.8 Å². The average molecular weight is 493 g/mol. The van der Waals surface area contributed by atoms with Crippen LogP contribution < -0.4 is 9.44 Å². The SMILES string of the molecule is Cc1cc(C)nc(NS(=O)(=O)c2ccc(NS(=O)(=O)CC34CCC(CC3=O)C4(C)C)cc2)n1. The van der Waals surface area contributed by atoms with Gasteiger partial charge in [0.25, 0.3) is 10.0 Å². The van der Waals surface area contributed by atoms with Crippen molar-refractivity contribution in [2.24, 2.45) is 16.7 Å². The summed E-state index contributed by atoms with van der Waals surface area (Å²) in [6.07, 6.45) is 1.87. The van der Waals surface area contributed by atoms with Crippen molar-refractivity contribution in [1.82, 2.24) is 9.97 Å². The van der Waals surface area contributed by atoms with E-state index in [0.29, 0.717) is 24.2 Å². The number of nitrogens with zero attached hydrogens (tertiary/aromatic N) is 2. The molecule has 33 heavy (non-hydrogen) atoms. The molecule has 4 rings (SSSR count). The predicted molar refractivity (Wildman–Crippen MR) is 125 cm³/mol. The number of Topliss-reactive ketones (excluding diaryl/α,β-unsaturated/α-hetero) is 1. The Bertz CT molecular complexity index is 1300. The van der Waals surface area contributed by atoms with E-state index in [0.717, 1.165) is 6.42 Å². The van der Waals surface area contributed by atoms with Gasteiger partial charge in [0.05, 0.1) is 16.1 Å². The quantitative estimate of drug-likeness (QED) is 0.606. The van der Waals surface area contributed by atoms with Gasteiger partial charge in [0.15, 0.2) is 0 Å². The predicted octanol–water partition coefficient (Wildman–Crippen LogP) is 3.03. The van der Waals surface area contributed by atoms with Crippen molar-refractivity contribution in [1.29, 1.82) is 0 Å². The molecule has 2 aromatic rings. The van der Waals surface area contributed by atoms with Gasteiger partial charge in [-0.15, -0.1) is 0 Å². The van der Waals surface area contributed by atoms with E-state index in [9.17, 15) is 21.6 Å². The highest BCUT2D eigenvalue weighted by atomic mass is 32.2. The normalized spacial score (nSPS) is 24.1. The summed E-state index contributed by atoms with van der Waals surface area (Å²) in [5, 5.41) is 0. The number of rotatable bonds is 7. The summed E-state index contributed by atoms with van der Waals surface area (Å²) in [6, 6.07) is 7.09. The van der Waals surface area contributed by atoms with Crippen LogP contribution >= 0.6 is 0 Å². The second kappa shape index (κ2) is 7.76. The molecule has 0 amide bonds. The Morgan fingerprint density at radius 3 is 2.12 bits per heavy atom. The van der Waals surface area contributed by atoms with Gasteiger partial charge in [-0.25, -0.2) is 31.5 Å². The Morgan fingerprint density at radius 1 is 1.00 bits per heavy atom. The molecular formula is C22H28N4O5S2. The second-order valence-electron chi connectivity index (χ2n) is 9.63. The van der Waals surface area contributed by atoms with Crippen LogP contribution in [-0.4, -0.2) is 38.3 Å². The first kappa shape index (κ1) is 23.6.